The van der Waals surface area contributed by atoms with Crippen LogP contribution in [-0.2, 0) is 11.2 Å². The van der Waals surface area contributed by atoms with Crippen molar-refractivity contribution in [2.75, 3.05) is 13.7 Å². The smallest absolute Gasteiger partial charge is 0.151 e. The first-order valence-corrected chi connectivity index (χ1v) is 6.39. The van der Waals surface area contributed by atoms with Crippen LogP contribution in [0.15, 0.2) is 22.7 Å². The Hall–Kier alpha value is -0.870. The molecular formula is C13H18BrNO2. The topological polar surface area (TPSA) is 38.3 Å². The third-order valence-corrected chi connectivity index (χ3v) is 3.12. The van der Waals surface area contributed by atoms with E-state index in [2.05, 4.69) is 21.2 Å². The van der Waals surface area contributed by atoms with Crippen molar-refractivity contribution >= 4 is 21.7 Å². The third-order valence-electron chi connectivity index (χ3n) is 2.35. The van der Waals surface area contributed by atoms with Gasteiger partial charge in [0.05, 0.1) is 13.7 Å². The Bertz CT molecular complexity index is 391. The fraction of sp³-hybridized carbons (Fsp3) is 0.462. The van der Waals surface area contributed by atoms with E-state index in [1.54, 1.807) is 7.11 Å². The molecule has 1 N–H and O–H groups in total. The van der Waals surface area contributed by atoms with Gasteiger partial charge in [0.25, 0.3) is 0 Å². The zero-order valence-corrected chi connectivity index (χ0v) is 12.0. The Morgan fingerprint density at radius 1 is 1.47 bits per heavy atom. The van der Waals surface area contributed by atoms with Crippen molar-refractivity contribution in [2.45, 2.75) is 26.3 Å². The standard InChI is InChI=1S/C13H18BrNO2/c1-9(2)15-8-11(16)6-10-7-12(17-3)4-5-13(10)14/h4-5,7,9,15H,6,8H2,1-3H3. The van der Waals surface area contributed by atoms with Crippen molar-refractivity contribution in [3.63, 3.8) is 0 Å². The molecule has 17 heavy (non-hydrogen) atoms. The predicted octanol–water partition coefficient (Wildman–Crippen LogP) is 2.57. The number of hydrogen-bond donors (Lipinski definition) is 1. The molecule has 1 rings (SSSR count). The van der Waals surface area contributed by atoms with Gasteiger partial charge >= 0.3 is 0 Å². The van der Waals surface area contributed by atoms with Crippen LogP contribution < -0.4 is 10.1 Å². The molecule has 0 unspecified atom stereocenters. The van der Waals surface area contributed by atoms with Gasteiger partial charge < -0.3 is 10.1 Å². The van der Waals surface area contributed by atoms with Crippen LogP contribution in [0.4, 0.5) is 0 Å². The lowest BCUT2D eigenvalue weighted by Gasteiger charge is -2.09. The zero-order valence-electron chi connectivity index (χ0n) is 10.4. The summed E-state index contributed by atoms with van der Waals surface area (Å²) in [6.45, 7) is 4.45. The van der Waals surface area contributed by atoms with Crippen LogP contribution in [0.2, 0.25) is 0 Å². The largest absolute Gasteiger partial charge is 0.497 e. The summed E-state index contributed by atoms with van der Waals surface area (Å²) in [5, 5.41) is 3.12. The van der Waals surface area contributed by atoms with E-state index in [-0.39, 0.29) is 5.78 Å². The quantitative estimate of drug-likeness (QED) is 0.877. The highest BCUT2D eigenvalue weighted by atomic mass is 79.9. The summed E-state index contributed by atoms with van der Waals surface area (Å²) in [4.78, 5) is 11.7. The Kier molecular flexibility index (Phi) is 5.65. The highest BCUT2D eigenvalue weighted by Gasteiger charge is 2.08. The number of Topliss-reactive ketones (excluding diaryl/α,β-unsaturated/α-hetero) is 1. The molecule has 0 heterocycles. The van der Waals surface area contributed by atoms with Gasteiger partial charge in [0.15, 0.2) is 5.78 Å². The van der Waals surface area contributed by atoms with Crippen LogP contribution in [0.3, 0.4) is 0 Å². The van der Waals surface area contributed by atoms with E-state index < -0.39 is 0 Å². The molecule has 0 aliphatic heterocycles. The van der Waals surface area contributed by atoms with Crippen molar-refractivity contribution < 1.29 is 9.53 Å². The first-order valence-electron chi connectivity index (χ1n) is 5.60. The van der Waals surface area contributed by atoms with Gasteiger partial charge in [-0.05, 0) is 23.8 Å². The minimum atomic E-state index is 0.174. The second kappa shape index (κ2) is 6.77. The number of hydrogen-bond acceptors (Lipinski definition) is 3. The highest BCUT2D eigenvalue weighted by Crippen LogP contribution is 2.22. The molecule has 0 fully saturated rings. The van der Waals surface area contributed by atoms with E-state index in [0.717, 1.165) is 15.8 Å². The summed E-state index contributed by atoms with van der Waals surface area (Å²) < 4.78 is 6.08. The van der Waals surface area contributed by atoms with Gasteiger partial charge in [0.1, 0.15) is 5.75 Å². The lowest BCUT2D eigenvalue weighted by Crippen LogP contribution is -2.30. The number of halogens is 1. The van der Waals surface area contributed by atoms with Crippen molar-refractivity contribution in [1.29, 1.82) is 0 Å². The molecule has 0 bridgehead atoms. The van der Waals surface area contributed by atoms with Gasteiger partial charge in [-0.2, -0.15) is 0 Å². The van der Waals surface area contributed by atoms with Crippen LogP contribution in [0.5, 0.6) is 5.75 Å². The molecule has 0 saturated heterocycles. The maximum absolute atomic E-state index is 11.7. The number of benzene rings is 1. The number of nitrogens with one attached hydrogen (secondary N) is 1. The van der Waals surface area contributed by atoms with E-state index in [1.807, 2.05) is 32.0 Å². The number of ketones is 1. The molecule has 0 aliphatic rings. The van der Waals surface area contributed by atoms with Crippen LogP contribution in [-0.4, -0.2) is 25.5 Å². The van der Waals surface area contributed by atoms with Gasteiger partial charge in [0.2, 0.25) is 0 Å². The Morgan fingerprint density at radius 3 is 2.76 bits per heavy atom. The van der Waals surface area contributed by atoms with Crippen molar-refractivity contribution in [2.24, 2.45) is 0 Å². The van der Waals surface area contributed by atoms with Crippen molar-refractivity contribution in [3.05, 3.63) is 28.2 Å². The normalized spacial score (nSPS) is 10.6. The zero-order chi connectivity index (χ0) is 12.8. The molecule has 1 aromatic carbocycles. The number of rotatable bonds is 6. The van der Waals surface area contributed by atoms with E-state index in [4.69, 9.17) is 4.74 Å². The van der Waals surface area contributed by atoms with Gasteiger partial charge in [-0.25, -0.2) is 0 Å². The summed E-state index contributed by atoms with van der Waals surface area (Å²) >= 11 is 3.44. The summed E-state index contributed by atoms with van der Waals surface area (Å²) in [6, 6.07) is 5.98. The third kappa shape index (κ3) is 4.88. The first kappa shape index (κ1) is 14.2. The predicted molar refractivity (Wildman–Crippen MR) is 72.5 cm³/mol. The van der Waals surface area contributed by atoms with Gasteiger partial charge in [0, 0.05) is 16.9 Å². The minimum Gasteiger partial charge on any atom is -0.497 e. The number of methoxy groups -OCH3 is 1. The molecule has 4 heteroatoms. The molecule has 0 aliphatic carbocycles. The minimum absolute atomic E-state index is 0.174. The van der Waals surface area contributed by atoms with Crippen LogP contribution in [0.1, 0.15) is 19.4 Å². The first-order chi connectivity index (χ1) is 8.02. The molecule has 0 aromatic heterocycles. The van der Waals surface area contributed by atoms with Gasteiger partial charge in [-0.3, -0.25) is 4.79 Å². The number of carbonyl (C=O) groups is 1. The second-order valence-corrected chi connectivity index (χ2v) is 5.06. The lowest BCUT2D eigenvalue weighted by molar-refractivity contribution is -0.117. The van der Waals surface area contributed by atoms with Crippen LogP contribution >= 0.6 is 15.9 Å². The lowest BCUT2D eigenvalue weighted by atomic mass is 10.1. The second-order valence-electron chi connectivity index (χ2n) is 4.21. The Morgan fingerprint density at radius 2 is 2.18 bits per heavy atom. The van der Waals surface area contributed by atoms with E-state index in [9.17, 15) is 4.79 Å². The summed E-state index contributed by atoms with van der Waals surface area (Å²) in [6.07, 6.45) is 0.414. The van der Waals surface area contributed by atoms with Crippen LogP contribution in [0.25, 0.3) is 0 Å². The molecule has 0 saturated carbocycles. The molecule has 0 amide bonds. The molecule has 3 nitrogen and oxygen atoms in total. The van der Waals surface area contributed by atoms with Gasteiger partial charge in [-0.1, -0.05) is 29.8 Å². The van der Waals surface area contributed by atoms with E-state index in [0.29, 0.717) is 19.0 Å². The molecular weight excluding hydrogens is 282 g/mol. The molecule has 0 atom stereocenters. The summed E-state index contributed by atoms with van der Waals surface area (Å²) in [7, 11) is 1.62. The summed E-state index contributed by atoms with van der Waals surface area (Å²) in [5.41, 5.74) is 0.958. The maximum atomic E-state index is 11.7. The average molecular weight is 300 g/mol. The van der Waals surface area contributed by atoms with Crippen LogP contribution in [0, 0.1) is 0 Å². The van der Waals surface area contributed by atoms with Crippen molar-refractivity contribution in [3.8, 4) is 5.75 Å². The monoisotopic (exact) mass is 299 g/mol. The van der Waals surface area contributed by atoms with E-state index in [1.165, 1.54) is 0 Å². The van der Waals surface area contributed by atoms with E-state index >= 15 is 0 Å². The summed E-state index contributed by atoms with van der Waals surface area (Å²) in [5.74, 6) is 0.945. The fourth-order valence-electron chi connectivity index (χ4n) is 1.41. The Labute approximate surface area is 111 Å². The Balaban J connectivity index is 2.64. The SMILES string of the molecule is COc1ccc(Br)c(CC(=O)CNC(C)C)c1. The molecule has 0 spiro atoms. The number of carbonyl (C=O) groups excluding carboxylic acids is 1. The molecule has 94 valence electrons. The van der Waals surface area contributed by atoms with Gasteiger partial charge in [-0.15, -0.1) is 0 Å². The molecule has 0 radical (unpaired) electrons. The fourth-order valence-corrected chi connectivity index (χ4v) is 1.79. The van der Waals surface area contributed by atoms with Crippen molar-refractivity contribution in [1.82, 2.24) is 5.32 Å². The molecule has 1 aromatic rings. The average Bonchev–Trinajstić information content (AvgIpc) is 2.29. The number of ether oxygens (including phenoxy) is 1. The highest BCUT2D eigenvalue weighted by molar-refractivity contribution is 9.10. The maximum Gasteiger partial charge on any atom is 0.151 e.